The average Bonchev–Trinajstić information content (AvgIpc) is 3.21. The Labute approximate surface area is 379 Å². The molecule has 4 bridgehead atoms. The molecule has 0 heterocycles. The van der Waals surface area contributed by atoms with Crippen molar-refractivity contribution < 1.29 is 28.3 Å². The van der Waals surface area contributed by atoms with Crippen molar-refractivity contribution >= 4 is 49.4 Å². The predicted octanol–water partition coefficient (Wildman–Crippen LogP) is 8.19. The molecule has 0 spiro atoms. The molecule has 0 saturated heterocycles. The lowest BCUT2D eigenvalue weighted by Gasteiger charge is -2.62. The van der Waals surface area contributed by atoms with E-state index in [9.17, 15) is 9.90 Å². The maximum absolute atomic E-state index is 15.8. The number of nitrogens with zero attached hydrogens (tertiary/aromatic N) is 1. The fourth-order valence-corrected chi connectivity index (χ4v) is 21.3. The van der Waals surface area contributed by atoms with Gasteiger partial charge in [-0.2, -0.15) is 0 Å². The highest BCUT2D eigenvalue weighted by Crippen LogP contribution is 2.63. The van der Waals surface area contributed by atoms with E-state index in [4.69, 9.17) is 13.6 Å². The number of amides is 2. The number of hydrogen-bond acceptors (Lipinski definition) is 6. The number of alkyl carbamates (subject to hydrolysis) is 1. The molecular weight excluding hydrogens is 817 g/mol. The van der Waals surface area contributed by atoms with E-state index < -0.39 is 45.4 Å². The van der Waals surface area contributed by atoms with Crippen LogP contribution in [0.2, 0.25) is 10.1 Å². The summed E-state index contributed by atoms with van der Waals surface area (Å²) in [5, 5.41) is 19.3. The summed E-state index contributed by atoms with van der Waals surface area (Å²) in [4.78, 5) is 31.6. The van der Waals surface area contributed by atoms with Gasteiger partial charge in [0.15, 0.2) is 0 Å². The number of hydrogen-bond donors (Lipinski definition) is 2. The van der Waals surface area contributed by atoms with E-state index in [-0.39, 0.29) is 42.3 Å². The van der Waals surface area contributed by atoms with Crippen LogP contribution in [0.15, 0.2) is 121 Å². The summed E-state index contributed by atoms with van der Waals surface area (Å²) in [5.41, 5.74) is -2.21. The van der Waals surface area contributed by atoms with E-state index in [1.54, 1.807) is 0 Å². The van der Waals surface area contributed by atoms with Gasteiger partial charge < -0.3 is 28.9 Å². The molecule has 4 aromatic carbocycles. The first-order chi connectivity index (χ1) is 29.7. The van der Waals surface area contributed by atoms with Gasteiger partial charge in [0.25, 0.3) is 16.6 Å². The molecule has 10 heteroatoms. The summed E-state index contributed by atoms with van der Waals surface area (Å²) >= 11 is 0. The van der Waals surface area contributed by atoms with E-state index in [1.807, 2.05) is 49.9 Å². The van der Waals surface area contributed by atoms with Gasteiger partial charge in [0.2, 0.25) is 5.91 Å². The fraction of sp³-hybridized carbons (Fsp3) is 0.509. The zero-order valence-corrected chi connectivity index (χ0v) is 41.3. The van der Waals surface area contributed by atoms with Crippen molar-refractivity contribution in [3.05, 3.63) is 121 Å². The average molecular weight is 889 g/mol. The molecule has 4 aromatic rings. The lowest BCUT2D eigenvalue weighted by molar-refractivity contribution is -0.180. The summed E-state index contributed by atoms with van der Waals surface area (Å²) in [5.74, 6) is 0.429. The van der Waals surface area contributed by atoms with Crippen molar-refractivity contribution in [2.24, 2.45) is 17.3 Å². The Morgan fingerprint density at radius 3 is 1.32 bits per heavy atom. The molecule has 0 radical (unpaired) electrons. The monoisotopic (exact) mass is 888 g/mol. The Hall–Kier alpha value is -4.07. The normalized spacial score (nSPS) is 23.0. The maximum Gasteiger partial charge on any atom is 0.408 e. The number of ether oxygens (including phenoxy) is 1. The standard InChI is InChI=1S/C53H72N2O6Si2/c1-49(2,3)61-48(57)54-46(52-35-40-34-41(36-52)38-53(58,37-40)39-52)47(56)55(30-32-59-62(50(4,5)6,42-22-14-10-15-23-42)43-24-16-11-17-25-43)31-33-60-63(51(7,8)9,44-26-18-12-19-27-44)45-28-20-13-21-29-45/h10-29,40-41,46,58H,30-39H2,1-9H3,(H,54,57)/t40-,41+,46-,52?,53?/m1/s1. The smallest absolute Gasteiger partial charge is 0.408 e. The van der Waals surface area contributed by atoms with Crippen LogP contribution in [0.25, 0.3) is 0 Å². The van der Waals surface area contributed by atoms with Gasteiger partial charge in [0.1, 0.15) is 11.6 Å². The maximum atomic E-state index is 15.8. The van der Waals surface area contributed by atoms with Gasteiger partial charge in [0, 0.05) is 18.5 Å². The molecular formula is C53H72N2O6Si2. The molecule has 0 aromatic heterocycles. The van der Waals surface area contributed by atoms with E-state index in [2.05, 4.69) is 144 Å². The molecule has 338 valence electrons. The third kappa shape index (κ3) is 9.67. The zero-order chi connectivity index (χ0) is 45.3. The largest absolute Gasteiger partial charge is 0.444 e. The Morgan fingerprint density at radius 2 is 1.00 bits per heavy atom. The predicted molar refractivity (Wildman–Crippen MR) is 259 cm³/mol. The van der Waals surface area contributed by atoms with Gasteiger partial charge in [0.05, 0.1) is 18.8 Å². The molecule has 4 saturated carbocycles. The third-order valence-electron chi connectivity index (χ3n) is 14.1. The van der Waals surface area contributed by atoms with E-state index in [0.717, 1.165) is 32.1 Å². The number of carbonyl (C=O) groups excluding carboxylic acids is 2. The summed E-state index contributed by atoms with van der Waals surface area (Å²) in [7, 11) is -5.92. The van der Waals surface area contributed by atoms with Crippen molar-refractivity contribution in [1.82, 2.24) is 10.2 Å². The summed E-state index contributed by atoms with van der Waals surface area (Å²) < 4.78 is 20.8. The van der Waals surface area contributed by atoms with Gasteiger partial charge in [-0.15, -0.1) is 0 Å². The van der Waals surface area contributed by atoms with Crippen LogP contribution in [0.5, 0.6) is 0 Å². The van der Waals surface area contributed by atoms with Crippen LogP contribution in [-0.4, -0.2) is 82.2 Å². The van der Waals surface area contributed by atoms with Gasteiger partial charge in [-0.05, 0) is 102 Å². The van der Waals surface area contributed by atoms with E-state index in [0.29, 0.717) is 18.3 Å². The van der Waals surface area contributed by atoms with Crippen LogP contribution in [0, 0.1) is 17.3 Å². The lowest BCUT2D eigenvalue weighted by atomic mass is 9.46. The molecule has 5 atom stereocenters. The number of benzene rings is 4. The molecule has 2 amide bonds. The lowest BCUT2D eigenvalue weighted by Crippen LogP contribution is -2.68. The number of carbonyl (C=O) groups is 2. The molecule has 63 heavy (non-hydrogen) atoms. The highest BCUT2D eigenvalue weighted by atomic mass is 28.4. The van der Waals surface area contributed by atoms with Crippen LogP contribution in [0.4, 0.5) is 4.79 Å². The van der Waals surface area contributed by atoms with Gasteiger partial charge in [-0.1, -0.05) is 163 Å². The molecule has 2 unspecified atom stereocenters. The Balaban J connectivity index is 1.28. The van der Waals surface area contributed by atoms with Crippen LogP contribution in [0.1, 0.15) is 101 Å². The Bertz CT molecular complexity index is 1950. The minimum Gasteiger partial charge on any atom is -0.444 e. The second kappa shape index (κ2) is 18.1. The second-order valence-corrected chi connectivity index (χ2v) is 30.6. The molecule has 4 aliphatic rings. The molecule has 4 fully saturated rings. The van der Waals surface area contributed by atoms with Crippen LogP contribution < -0.4 is 26.1 Å². The van der Waals surface area contributed by atoms with Crippen molar-refractivity contribution in [2.45, 2.75) is 128 Å². The number of rotatable bonds is 15. The molecule has 4 aliphatic carbocycles. The summed E-state index contributed by atoms with van der Waals surface area (Å²) in [6.07, 6.45) is 3.98. The van der Waals surface area contributed by atoms with Gasteiger partial charge in [-0.3, -0.25) is 4.79 Å². The van der Waals surface area contributed by atoms with Crippen LogP contribution in [0.3, 0.4) is 0 Å². The van der Waals surface area contributed by atoms with Crippen molar-refractivity contribution in [3.63, 3.8) is 0 Å². The fourth-order valence-electron chi connectivity index (χ4n) is 12.2. The third-order valence-corrected chi connectivity index (χ3v) is 24.2. The minimum atomic E-state index is -2.96. The van der Waals surface area contributed by atoms with E-state index in [1.165, 1.54) is 20.7 Å². The summed E-state index contributed by atoms with van der Waals surface area (Å²) in [6.45, 7) is 20.2. The summed E-state index contributed by atoms with van der Waals surface area (Å²) in [6, 6.07) is 41.4. The topological polar surface area (TPSA) is 97.3 Å². The first kappa shape index (κ1) is 46.9. The Morgan fingerprint density at radius 1 is 0.635 bits per heavy atom. The number of aliphatic hydroxyl groups is 1. The van der Waals surface area contributed by atoms with Crippen molar-refractivity contribution in [1.29, 1.82) is 0 Å². The van der Waals surface area contributed by atoms with E-state index >= 15 is 4.79 Å². The first-order valence-corrected chi connectivity index (χ1v) is 27.0. The Kier molecular flexibility index (Phi) is 13.5. The quantitative estimate of drug-likeness (QED) is 0.117. The molecule has 0 aliphatic heterocycles. The molecule has 8 rings (SSSR count). The second-order valence-electron chi connectivity index (χ2n) is 22.0. The van der Waals surface area contributed by atoms with Gasteiger partial charge in [-0.25, -0.2) is 4.79 Å². The minimum absolute atomic E-state index is 0.177. The number of nitrogens with one attached hydrogen (secondary N) is 1. The van der Waals surface area contributed by atoms with Crippen LogP contribution >= 0.6 is 0 Å². The van der Waals surface area contributed by atoms with Crippen molar-refractivity contribution in [3.8, 4) is 0 Å². The highest BCUT2D eigenvalue weighted by molar-refractivity contribution is 7.00. The first-order valence-electron chi connectivity index (χ1n) is 23.2. The molecule has 8 nitrogen and oxygen atoms in total. The molecule has 2 N–H and O–H groups in total. The van der Waals surface area contributed by atoms with Crippen molar-refractivity contribution in [2.75, 3.05) is 26.3 Å². The SMILES string of the molecule is CC(C)(C)OC(=O)N[C@H](C(=O)N(CCO[Si](c1ccccc1)(c1ccccc1)C(C)(C)C)CCO[Si](c1ccccc1)(c1ccccc1)C(C)(C)C)C12C[C@@H]3C[C@@H](CC(O)(C3)C1)C2. The van der Waals surface area contributed by atoms with Crippen LogP contribution in [-0.2, 0) is 18.4 Å². The highest BCUT2D eigenvalue weighted by Gasteiger charge is 2.62. The zero-order valence-electron chi connectivity index (χ0n) is 39.3. The van der Waals surface area contributed by atoms with Gasteiger partial charge >= 0.3 is 6.09 Å².